The molecule has 1 unspecified atom stereocenters. The van der Waals surface area contributed by atoms with Crippen molar-refractivity contribution in [2.24, 2.45) is 5.92 Å². The number of hydrogen-bond acceptors (Lipinski definition) is 3. The van der Waals surface area contributed by atoms with E-state index in [9.17, 15) is 0 Å². The van der Waals surface area contributed by atoms with Gasteiger partial charge >= 0.3 is 0 Å². The lowest BCUT2D eigenvalue weighted by atomic mass is 10.1. The molecule has 2 aromatic carbocycles. The van der Waals surface area contributed by atoms with E-state index in [0.29, 0.717) is 18.2 Å². The topological polar surface area (TPSA) is 37.7 Å². The molecule has 1 aliphatic heterocycles. The van der Waals surface area contributed by atoms with Crippen LogP contribution in [0.15, 0.2) is 55.1 Å². The Hall–Kier alpha value is -2.87. The third kappa shape index (κ3) is 6.09. The standard InChI is InChI=1S/C24H27N3O/c1-3-11-28-24-14-20(8-7-19-5-4-6-23(13-19)25-2)12-22(15-24)18-27-17-21-9-10-26-16-21/h3-8,12-15,21,26-27H,1,9-11,16-18H2/b8-7+. The lowest BCUT2D eigenvalue weighted by Gasteiger charge is -2.12. The van der Waals surface area contributed by atoms with Gasteiger partial charge in [0.1, 0.15) is 12.4 Å². The van der Waals surface area contributed by atoms with Crippen molar-refractivity contribution in [3.8, 4) is 5.75 Å². The molecular formula is C24H27N3O. The monoisotopic (exact) mass is 373 g/mol. The maximum atomic E-state index is 7.15. The third-order valence-corrected chi connectivity index (χ3v) is 4.75. The van der Waals surface area contributed by atoms with Crippen molar-refractivity contribution in [1.29, 1.82) is 0 Å². The molecule has 28 heavy (non-hydrogen) atoms. The smallest absolute Gasteiger partial charge is 0.187 e. The molecule has 0 aromatic heterocycles. The Labute approximate surface area is 167 Å². The van der Waals surface area contributed by atoms with Gasteiger partial charge < -0.3 is 15.4 Å². The average Bonchev–Trinajstić information content (AvgIpc) is 3.24. The fraction of sp³-hybridized carbons (Fsp3) is 0.292. The van der Waals surface area contributed by atoms with Gasteiger partial charge in [-0.05, 0) is 66.9 Å². The van der Waals surface area contributed by atoms with Crippen molar-refractivity contribution < 1.29 is 4.74 Å². The van der Waals surface area contributed by atoms with Crippen LogP contribution in [0.1, 0.15) is 23.1 Å². The maximum Gasteiger partial charge on any atom is 0.187 e. The van der Waals surface area contributed by atoms with Gasteiger partial charge in [-0.3, -0.25) is 0 Å². The second-order valence-electron chi connectivity index (χ2n) is 7.04. The SMILES string of the molecule is [C-]#[N+]c1cccc(/C=C/c2cc(CNCC3CCNC3)cc(OCC=C)c2)c1. The highest BCUT2D eigenvalue weighted by molar-refractivity contribution is 5.72. The lowest BCUT2D eigenvalue weighted by Crippen LogP contribution is -2.24. The van der Waals surface area contributed by atoms with Gasteiger partial charge in [-0.25, -0.2) is 4.85 Å². The van der Waals surface area contributed by atoms with E-state index in [2.05, 4.69) is 40.3 Å². The van der Waals surface area contributed by atoms with Gasteiger partial charge in [0.2, 0.25) is 0 Å². The maximum absolute atomic E-state index is 7.15. The van der Waals surface area contributed by atoms with Crippen molar-refractivity contribution >= 4 is 17.8 Å². The largest absolute Gasteiger partial charge is 0.490 e. The van der Waals surface area contributed by atoms with Gasteiger partial charge in [0.15, 0.2) is 5.69 Å². The summed E-state index contributed by atoms with van der Waals surface area (Å²) in [6, 6.07) is 13.9. The van der Waals surface area contributed by atoms with E-state index in [1.165, 1.54) is 12.0 Å². The molecule has 1 aliphatic rings. The molecule has 0 saturated carbocycles. The molecule has 4 nitrogen and oxygen atoms in total. The molecule has 2 N–H and O–H groups in total. The first-order valence-corrected chi connectivity index (χ1v) is 9.71. The fourth-order valence-corrected chi connectivity index (χ4v) is 3.32. The van der Waals surface area contributed by atoms with Crippen LogP contribution in [-0.2, 0) is 6.54 Å². The molecule has 0 aliphatic carbocycles. The van der Waals surface area contributed by atoms with Crippen LogP contribution in [-0.4, -0.2) is 26.2 Å². The Balaban J connectivity index is 1.71. The van der Waals surface area contributed by atoms with Crippen LogP contribution in [0.4, 0.5) is 5.69 Å². The number of ether oxygens (including phenoxy) is 1. The van der Waals surface area contributed by atoms with Gasteiger partial charge in [-0.2, -0.15) is 0 Å². The summed E-state index contributed by atoms with van der Waals surface area (Å²) < 4.78 is 5.78. The summed E-state index contributed by atoms with van der Waals surface area (Å²) in [6.45, 7) is 15.4. The number of rotatable bonds is 9. The molecule has 0 spiro atoms. The molecule has 1 saturated heterocycles. The van der Waals surface area contributed by atoms with Crippen LogP contribution in [0.5, 0.6) is 5.75 Å². The highest BCUT2D eigenvalue weighted by atomic mass is 16.5. The summed E-state index contributed by atoms with van der Waals surface area (Å²) in [5.41, 5.74) is 3.94. The fourth-order valence-electron chi connectivity index (χ4n) is 3.32. The Morgan fingerprint density at radius 3 is 2.89 bits per heavy atom. The zero-order valence-electron chi connectivity index (χ0n) is 16.2. The number of nitrogens with one attached hydrogen (secondary N) is 2. The Morgan fingerprint density at radius 2 is 2.11 bits per heavy atom. The van der Waals surface area contributed by atoms with E-state index < -0.39 is 0 Å². The summed E-state index contributed by atoms with van der Waals surface area (Å²) in [7, 11) is 0. The second kappa shape index (κ2) is 10.5. The summed E-state index contributed by atoms with van der Waals surface area (Å²) >= 11 is 0. The summed E-state index contributed by atoms with van der Waals surface area (Å²) in [5, 5.41) is 6.98. The minimum absolute atomic E-state index is 0.487. The first kappa shape index (κ1) is 19.9. The molecule has 0 bridgehead atoms. The summed E-state index contributed by atoms with van der Waals surface area (Å²) in [6.07, 6.45) is 7.09. The van der Waals surface area contributed by atoms with E-state index in [1.807, 2.05) is 36.4 Å². The first-order chi connectivity index (χ1) is 13.8. The molecule has 1 fully saturated rings. The zero-order chi connectivity index (χ0) is 19.6. The minimum Gasteiger partial charge on any atom is -0.490 e. The van der Waals surface area contributed by atoms with Crippen molar-refractivity contribution in [3.63, 3.8) is 0 Å². The van der Waals surface area contributed by atoms with Crippen molar-refractivity contribution in [1.82, 2.24) is 10.6 Å². The molecule has 0 amide bonds. The van der Waals surface area contributed by atoms with Crippen molar-refractivity contribution in [2.45, 2.75) is 13.0 Å². The zero-order valence-corrected chi connectivity index (χ0v) is 16.2. The number of nitrogens with zero attached hydrogens (tertiary/aromatic N) is 1. The van der Waals surface area contributed by atoms with Crippen molar-refractivity contribution in [2.75, 3.05) is 26.2 Å². The summed E-state index contributed by atoms with van der Waals surface area (Å²) in [4.78, 5) is 3.49. The highest BCUT2D eigenvalue weighted by Crippen LogP contribution is 2.21. The lowest BCUT2D eigenvalue weighted by molar-refractivity contribution is 0.362. The van der Waals surface area contributed by atoms with Crippen LogP contribution in [0.3, 0.4) is 0 Å². The third-order valence-electron chi connectivity index (χ3n) is 4.75. The van der Waals surface area contributed by atoms with E-state index in [1.54, 1.807) is 6.08 Å². The van der Waals surface area contributed by atoms with E-state index >= 15 is 0 Å². The normalized spacial score (nSPS) is 16.2. The average molecular weight is 374 g/mol. The molecule has 1 atom stereocenters. The van der Waals surface area contributed by atoms with Crippen LogP contribution in [0.2, 0.25) is 0 Å². The number of hydrogen-bond donors (Lipinski definition) is 2. The van der Waals surface area contributed by atoms with E-state index in [-0.39, 0.29) is 0 Å². The van der Waals surface area contributed by atoms with Gasteiger partial charge in [0.25, 0.3) is 0 Å². The van der Waals surface area contributed by atoms with E-state index in [0.717, 1.165) is 43.1 Å². The second-order valence-corrected chi connectivity index (χ2v) is 7.04. The van der Waals surface area contributed by atoms with Crippen LogP contribution in [0, 0.1) is 12.5 Å². The van der Waals surface area contributed by atoms with Crippen LogP contribution >= 0.6 is 0 Å². The number of benzene rings is 2. The Kier molecular flexibility index (Phi) is 7.43. The quantitative estimate of drug-likeness (QED) is 0.381. The molecule has 0 radical (unpaired) electrons. The summed E-state index contributed by atoms with van der Waals surface area (Å²) in [5.74, 6) is 1.56. The Bertz CT molecular complexity index is 860. The molecule has 4 heteroatoms. The minimum atomic E-state index is 0.487. The van der Waals surface area contributed by atoms with Gasteiger partial charge in [-0.15, -0.1) is 0 Å². The molecule has 3 rings (SSSR count). The van der Waals surface area contributed by atoms with Gasteiger partial charge in [0.05, 0.1) is 6.57 Å². The van der Waals surface area contributed by atoms with Gasteiger partial charge in [-0.1, -0.05) is 49.1 Å². The van der Waals surface area contributed by atoms with Crippen LogP contribution < -0.4 is 15.4 Å². The first-order valence-electron chi connectivity index (χ1n) is 9.71. The highest BCUT2D eigenvalue weighted by Gasteiger charge is 2.13. The molecule has 2 aromatic rings. The Morgan fingerprint density at radius 1 is 1.21 bits per heavy atom. The predicted octanol–water partition coefficient (Wildman–Crippen LogP) is 4.67. The molecular weight excluding hydrogens is 346 g/mol. The predicted molar refractivity (Wildman–Crippen MR) is 116 cm³/mol. The van der Waals surface area contributed by atoms with Crippen LogP contribution in [0.25, 0.3) is 17.0 Å². The molecule has 144 valence electrons. The van der Waals surface area contributed by atoms with E-state index in [4.69, 9.17) is 11.3 Å². The van der Waals surface area contributed by atoms with Crippen molar-refractivity contribution in [3.05, 3.63) is 83.2 Å². The van der Waals surface area contributed by atoms with Gasteiger partial charge in [0, 0.05) is 6.54 Å². The molecule has 1 heterocycles.